The molecule has 1 atom stereocenters. The summed E-state index contributed by atoms with van der Waals surface area (Å²) in [5, 5.41) is 9.34. The lowest BCUT2D eigenvalue weighted by atomic mass is 10.1. The normalized spacial score (nSPS) is 11.4. The van der Waals surface area contributed by atoms with E-state index in [-0.39, 0.29) is 6.10 Å². The van der Waals surface area contributed by atoms with Crippen LogP contribution in [-0.2, 0) is 4.74 Å². The molecule has 4 heteroatoms. The summed E-state index contributed by atoms with van der Waals surface area (Å²) in [5.41, 5.74) is 1.80. The van der Waals surface area contributed by atoms with Crippen LogP contribution in [0.4, 0.5) is 0 Å². The van der Waals surface area contributed by atoms with Crippen LogP contribution in [0.5, 0.6) is 0 Å². The molecule has 2 aromatic carbocycles. The van der Waals surface area contributed by atoms with E-state index < -0.39 is 5.97 Å². The third-order valence-electron chi connectivity index (χ3n) is 2.87. The average molecular weight is 286 g/mol. The van der Waals surface area contributed by atoms with Crippen LogP contribution in [0.15, 0.2) is 48.5 Å². The first-order valence-corrected chi connectivity index (χ1v) is 6.44. The maximum Gasteiger partial charge on any atom is 0.338 e. The zero-order chi connectivity index (χ0) is 14.5. The molecule has 0 radical (unpaired) electrons. The van der Waals surface area contributed by atoms with E-state index >= 15 is 0 Å². The molecule has 0 aromatic heterocycles. The molecule has 0 fully saturated rings. The van der Waals surface area contributed by atoms with Gasteiger partial charge in [-0.1, -0.05) is 23.7 Å². The van der Waals surface area contributed by atoms with Crippen molar-refractivity contribution in [3.05, 3.63) is 70.2 Å². The second-order valence-electron chi connectivity index (χ2n) is 4.29. The standard InChI is InChI=1S/C16H12ClNO2/c1-11(13-6-8-15(17)9-7-13)20-16(19)14-4-2-12(10-18)3-5-14/h2-9,11H,1H3/t11-/m0/s1. The predicted octanol–water partition coefficient (Wildman–Crippen LogP) is 4.13. The van der Waals surface area contributed by atoms with Gasteiger partial charge >= 0.3 is 5.97 Å². The third-order valence-corrected chi connectivity index (χ3v) is 3.12. The van der Waals surface area contributed by atoms with E-state index in [9.17, 15) is 4.79 Å². The first kappa shape index (κ1) is 14.1. The fourth-order valence-electron chi connectivity index (χ4n) is 1.71. The summed E-state index contributed by atoms with van der Waals surface area (Å²) in [6, 6.07) is 15.5. The van der Waals surface area contributed by atoms with E-state index in [1.54, 1.807) is 43.3 Å². The third kappa shape index (κ3) is 3.37. The molecular weight excluding hydrogens is 274 g/mol. The van der Waals surface area contributed by atoms with Crippen molar-refractivity contribution in [3.8, 4) is 6.07 Å². The van der Waals surface area contributed by atoms with E-state index in [2.05, 4.69) is 0 Å². The summed E-state index contributed by atoms with van der Waals surface area (Å²) in [4.78, 5) is 12.0. The van der Waals surface area contributed by atoms with Crippen LogP contribution < -0.4 is 0 Å². The molecule has 0 N–H and O–H groups in total. The van der Waals surface area contributed by atoms with Gasteiger partial charge in [0, 0.05) is 5.02 Å². The predicted molar refractivity (Wildman–Crippen MR) is 76.4 cm³/mol. The van der Waals surface area contributed by atoms with Crippen LogP contribution in [-0.4, -0.2) is 5.97 Å². The minimum absolute atomic E-state index is 0.365. The first-order valence-electron chi connectivity index (χ1n) is 6.07. The Labute approximate surface area is 122 Å². The van der Waals surface area contributed by atoms with Crippen LogP contribution in [0, 0.1) is 11.3 Å². The Balaban J connectivity index is 2.06. The Kier molecular flexibility index (Phi) is 4.39. The number of carbonyl (C=O) groups excluding carboxylic acids is 1. The minimum Gasteiger partial charge on any atom is -0.454 e. The summed E-state index contributed by atoms with van der Waals surface area (Å²) in [6.07, 6.45) is -0.365. The van der Waals surface area contributed by atoms with Gasteiger partial charge in [0.1, 0.15) is 6.10 Å². The molecule has 3 nitrogen and oxygen atoms in total. The van der Waals surface area contributed by atoms with Gasteiger partial charge in [-0.05, 0) is 48.9 Å². The van der Waals surface area contributed by atoms with Gasteiger partial charge in [-0.2, -0.15) is 5.26 Å². The summed E-state index contributed by atoms with van der Waals surface area (Å²) >= 11 is 5.81. The molecule has 0 unspecified atom stereocenters. The van der Waals surface area contributed by atoms with Crippen molar-refractivity contribution in [3.63, 3.8) is 0 Å². The van der Waals surface area contributed by atoms with Crippen molar-refractivity contribution < 1.29 is 9.53 Å². The summed E-state index contributed by atoms with van der Waals surface area (Å²) < 4.78 is 5.37. The van der Waals surface area contributed by atoms with Gasteiger partial charge in [0.25, 0.3) is 0 Å². The first-order chi connectivity index (χ1) is 9.60. The van der Waals surface area contributed by atoms with Crippen molar-refractivity contribution in [2.45, 2.75) is 13.0 Å². The highest BCUT2D eigenvalue weighted by Crippen LogP contribution is 2.20. The minimum atomic E-state index is -0.420. The maximum atomic E-state index is 12.0. The maximum absolute atomic E-state index is 12.0. The number of carbonyl (C=O) groups is 1. The van der Waals surface area contributed by atoms with Gasteiger partial charge in [0.2, 0.25) is 0 Å². The van der Waals surface area contributed by atoms with Crippen LogP contribution in [0.25, 0.3) is 0 Å². The molecule has 0 heterocycles. The smallest absolute Gasteiger partial charge is 0.338 e. The number of ether oxygens (including phenoxy) is 1. The van der Waals surface area contributed by atoms with Gasteiger partial charge in [0.15, 0.2) is 0 Å². The number of benzene rings is 2. The SMILES string of the molecule is C[C@H](OC(=O)c1ccc(C#N)cc1)c1ccc(Cl)cc1. The molecule has 2 rings (SSSR count). The Bertz CT molecular complexity index is 642. The fraction of sp³-hybridized carbons (Fsp3) is 0.125. The molecule has 0 amide bonds. The topological polar surface area (TPSA) is 50.1 Å². The highest BCUT2D eigenvalue weighted by molar-refractivity contribution is 6.30. The molecule has 0 saturated carbocycles. The Morgan fingerprint density at radius 2 is 1.75 bits per heavy atom. The van der Waals surface area contributed by atoms with Crippen molar-refractivity contribution in [2.75, 3.05) is 0 Å². The summed E-state index contributed by atoms with van der Waals surface area (Å²) in [5.74, 6) is -0.420. The molecule has 0 aliphatic heterocycles. The quantitative estimate of drug-likeness (QED) is 0.797. The lowest BCUT2D eigenvalue weighted by molar-refractivity contribution is 0.0338. The van der Waals surface area contributed by atoms with Gasteiger partial charge in [0.05, 0.1) is 17.2 Å². The van der Waals surface area contributed by atoms with Crippen LogP contribution in [0.1, 0.15) is 34.5 Å². The highest BCUT2D eigenvalue weighted by atomic mass is 35.5. The summed E-state index contributed by atoms with van der Waals surface area (Å²) in [7, 11) is 0. The van der Waals surface area contributed by atoms with Crippen molar-refractivity contribution in [1.82, 2.24) is 0 Å². The number of nitriles is 1. The molecule has 0 saturated heterocycles. The van der Waals surface area contributed by atoms with E-state index in [0.29, 0.717) is 16.1 Å². The number of hydrogen-bond donors (Lipinski definition) is 0. The van der Waals surface area contributed by atoms with Gasteiger partial charge in [-0.15, -0.1) is 0 Å². The van der Waals surface area contributed by atoms with Crippen molar-refractivity contribution >= 4 is 17.6 Å². The number of halogens is 1. The van der Waals surface area contributed by atoms with E-state index in [1.807, 2.05) is 18.2 Å². The lowest BCUT2D eigenvalue weighted by Crippen LogP contribution is -2.09. The van der Waals surface area contributed by atoms with Crippen molar-refractivity contribution in [2.24, 2.45) is 0 Å². The Morgan fingerprint density at radius 1 is 1.15 bits per heavy atom. The van der Waals surface area contributed by atoms with Gasteiger partial charge in [-0.3, -0.25) is 0 Å². The Morgan fingerprint density at radius 3 is 2.30 bits per heavy atom. The van der Waals surface area contributed by atoms with Gasteiger partial charge < -0.3 is 4.74 Å². The van der Waals surface area contributed by atoms with E-state index in [0.717, 1.165) is 5.56 Å². The zero-order valence-corrected chi connectivity index (χ0v) is 11.6. The largest absolute Gasteiger partial charge is 0.454 e. The number of rotatable bonds is 3. The average Bonchev–Trinajstić information content (AvgIpc) is 2.48. The molecule has 20 heavy (non-hydrogen) atoms. The molecule has 0 aliphatic rings. The molecule has 0 spiro atoms. The highest BCUT2D eigenvalue weighted by Gasteiger charge is 2.13. The Hall–Kier alpha value is -2.31. The fourth-order valence-corrected chi connectivity index (χ4v) is 1.84. The van der Waals surface area contributed by atoms with Crippen LogP contribution in [0.2, 0.25) is 5.02 Å². The van der Waals surface area contributed by atoms with Crippen molar-refractivity contribution in [1.29, 1.82) is 5.26 Å². The molecule has 0 bridgehead atoms. The van der Waals surface area contributed by atoms with Crippen LogP contribution >= 0.6 is 11.6 Å². The number of nitrogens with zero attached hydrogens (tertiary/aromatic N) is 1. The second-order valence-corrected chi connectivity index (χ2v) is 4.72. The van der Waals surface area contributed by atoms with E-state index in [4.69, 9.17) is 21.6 Å². The lowest BCUT2D eigenvalue weighted by Gasteiger charge is -2.13. The molecular formula is C16H12ClNO2. The number of hydrogen-bond acceptors (Lipinski definition) is 3. The number of esters is 1. The molecule has 100 valence electrons. The van der Waals surface area contributed by atoms with Crippen LogP contribution in [0.3, 0.4) is 0 Å². The van der Waals surface area contributed by atoms with Gasteiger partial charge in [-0.25, -0.2) is 4.79 Å². The molecule has 0 aliphatic carbocycles. The second kappa shape index (κ2) is 6.23. The zero-order valence-electron chi connectivity index (χ0n) is 10.8. The monoisotopic (exact) mass is 285 g/mol. The summed E-state index contributed by atoms with van der Waals surface area (Å²) in [6.45, 7) is 1.80. The molecule has 2 aromatic rings. The van der Waals surface area contributed by atoms with E-state index in [1.165, 1.54) is 0 Å².